The molecule has 0 saturated carbocycles. The van der Waals surface area contributed by atoms with E-state index in [0.717, 1.165) is 10.4 Å². The van der Waals surface area contributed by atoms with Crippen LogP contribution in [0.25, 0.3) is 6.08 Å². The molecule has 3 aromatic rings. The summed E-state index contributed by atoms with van der Waals surface area (Å²) < 4.78 is 16.1. The summed E-state index contributed by atoms with van der Waals surface area (Å²) in [7, 11) is 4.59. The largest absolute Gasteiger partial charge is 0.495 e. The molecule has 4 N–H and O–H groups in total. The standard InChI is InChI=1S/C24H25N3O4S/c1-29-20-11-7-15(13-21(20)30-2)6-9-18(25)22-19(26)10-8-17(23(22)31-3)24(28)27-14-16-5-4-12-32-16/h4-13,25H,14,26H2,1-3H3,(H,27,28)/b9-6+,25-18?. The van der Waals surface area contributed by atoms with Crippen molar-refractivity contribution in [3.63, 3.8) is 0 Å². The minimum absolute atomic E-state index is 0.113. The molecule has 2 aromatic carbocycles. The molecule has 8 heteroatoms. The van der Waals surface area contributed by atoms with Crippen molar-refractivity contribution in [2.45, 2.75) is 6.54 Å². The minimum Gasteiger partial charge on any atom is -0.495 e. The first-order valence-corrected chi connectivity index (χ1v) is 10.6. The Balaban J connectivity index is 1.86. The Kier molecular flexibility index (Phi) is 7.51. The van der Waals surface area contributed by atoms with E-state index in [9.17, 15) is 4.79 Å². The second-order valence-corrected chi connectivity index (χ2v) is 7.77. The van der Waals surface area contributed by atoms with Crippen LogP contribution in [0.1, 0.15) is 26.4 Å². The van der Waals surface area contributed by atoms with Crippen molar-refractivity contribution in [1.29, 1.82) is 5.41 Å². The van der Waals surface area contributed by atoms with Crippen LogP contribution in [0.15, 0.2) is 53.9 Å². The lowest BCUT2D eigenvalue weighted by molar-refractivity contribution is 0.0948. The molecule has 0 radical (unpaired) electrons. The first-order chi connectivity index (χ1) is 15.5. The van der Waals surface area contributed by atoms with Gasteiger partial charge in [-0.2, -0.15) is 0 Å². The number of ether oxygens (including phenoxy) is 3. The van der Waals surface area contributed by atoms with Gasteiger partial charge >= 0.3 is 0 Å². The number of amides is 1. The molecule has 32 heavy (non-hydrogen) atoms. The Morgan fingerprint density at radius 3 is 2.53 bits per heavy atom. The number of carbonyl (C=O) groups is 1. The lowest BCUT2D eigenvalue weighted by atomic mass is 10.0. The zero-order valence-electron chi connectivity index (χ0n) is 18.1. The van der Waals surface area contributed by atoms with Crippen molar-refractivity contribution >= 4 is 34.7 Å². The van der Waals surface area contributed by atoms with Crippen LogP contribution in [0, 0.1) is 5.41 Å². The van der Waals surface area contributed by atoms with E-state index in [0.29, 0.717) is 34.9 Å². The predicted octanol–water partition coefficient (Wildman–Crippen LogP) is 4.37. The summed E-state index contributed by atoms with van der Waals surface area (Å²) in [4.78, 5) is 13.8. The number of benzene rings is 2. The molecule has 0 unspecified atom stereocenters. The normalized spacial score (nSPS) is 10.7. The Bertz CT molecular complexity index is 1140. The van der Waals surface area contributed by atoms with Gasteiger partial charge in [-0.1, -0.05) is 18.2 Å². The van der Waals surface area contributed by atoms with E-state index in [-0.39, 0.29) is 17.4 Å². The maximum Gasteiger partial charge on any atom is 0.255 e. The molecule has 1 heterocycles. The van der Waals surface area contributed by atoms with Gasteiger partial charge in [0.15, 0.2) is 11.5 Å². The molecule has 0 aliphatic rings. The van der Waals surface area contributed by atoms with Crippen LogP contribution in [-0.4, -0.2) is 32.9 Å². The first kappa shape index (κ1) is 22.9. The van der Waals surface area contributed by atoms with Gasteiger partial charge in [-0.15, -0.1) is 11.3 Å². The summed E-state index contributed by atoms with van der Waals surface area (Å²) >= 11 is 1.56. The maximum absolute atomic E-state index is 12.8. The van der Waals surface area contributed by atoms with Gasteiger partial charge in [0.05, 0.1) is 44.7 Å². The number of thiophene rings is 1. The third-order valence-electron chi connectivity index (χ3n) is 4.76. The van der Waals surface area contributed by atoms with Crippen molar-refractivity contribution in [3.05, 3.63) is 75.5 Å². The zero-order valence-corrected chi connectivity index (χ0v) is 18.9. The number of hydrogen-bond donors (Lipinski definition) is 3. The van der Waals surface area contributed by atoms with Gasteiger partial charge < -0.3 is 30.7 Å². The summed E-state index contributed by atoms with van der Waals surface area (Å²) in [5, 5.41) is 13.4. The molecule has 0 aliphatic heterocycles. The molecule has 0 atom stereocenters. The Morgan fingerprint density at radius 1 is 1.09 bits per heavy atom. The smallest absolute Gasteiger partial charge is 0.255 e. The van der Waals surface area contributed by atoms with Crippen molar-refractivity contribution in [2.24, 2.45) is 0 Å². The molecule has 1 amide bonds. The van der Waals surface area contributed by atoms with E-state index in [1.165, 1.54) is 7.11 Å². The lowest BCUT2D eigenvalue weighted by Gasteiger charge is -2.15. The molecule has 0 saturated heterocycles. The highest BCUT2D eigenvalue weighted by Gasteiger charge is 2.20. The van der Waals surface area contributed by atoms with Gasteiger partial charge in [0, 0.05) is 10.6 Å². The van der Waals surface area contributed by atoms with Gasteiger partial charge in [0.2, 0.25) is 0 Å². The van der Waals surface area contributed by atoms with Crippen molar-refractivity contribution in [3.8, 4) is 17.2 Å². The average molecular weight is 452 g/mol. The molecule has 0 aliphatic carbocycles. The predicted molar refractivity (Wildman–Crippen MR) is 128 cm³/mol. The molecular weight excluding hydrogens is 426 g/mol. The van der Waals surface area contributed by atoms with Crippen LogP contribution >= 0.6 is 11.3 Å². The number of nitrogens with one attached hydrogen (secondary N) is 2. The Morgan fingerprint density at radius 2 is 1.88 bits per heavy atom. The Hall–Kier alpha value is -3.78. The highest BCUT2D eigenvalue weighted by atomic mass is 32.1. The number of nitrogen functional groups attached to an aromatic ring is 1. The quantitative estimate of drug-likeness (QED) is 0.331. The minimum atomic E-state index is -0.298. The number of hydrogen-bond acceptors (Lipinski definition) is 7. The van der Waals surface area contributed by atoms with Gasteiger partial charge in [-0.25, -0.2) is 0 Å². The van der Waals surface area contributed by atoms with Crippen molar-refractivity contribution in [2.75, 3.05) is 27.1 Å². The fraction of sp³-hybridized carbons (Fsp3) is 0.167. The summed E-state index contributed by atoms with van der Waals surface area (Å²) in [5.74, 6) is 1.17. The number of allylic oxidation sites excluding steroid dienone is 1. The van der Waals surface area contributed by atoms with Gasteiger partial charge in [0.1, 0.15) is 5.75 Å². The van der Waals surface area contributed by atoms with Crippen molar-refractivity contribution < 1.29 is 19.0 Å². The molecule has 3 rings (SSSR count). The van der Waals surface area contributed by atoms with E-state index >= 15 is 0 Å². The first-order valence-electron chi connectivity index (χ1n) is 9.74. The van der Waals surface area contributed by atoms with Crippen LogP contribution in [-0.2, 0) is 6.54 Å². The molecule has 0 bridgehead atoms. The van der Waals surface area contributed by atoms with E-state index in [1.807, 2.05) is 23.6 Å². The monoisotopic (exact) mass is 451 g/mol. The molecule has 7 nitrogen and oxygen atoms in total. The average Bonchev–Trinajstić information content (AvgIpc) is 3.34. The van der Waals surface area contributed by atoms with E-state index in [1.54, 1.807) is 62.0 Å². The van der Waals surface area contributed by atoms with Gasteiger partial charge in [-0.05, 0) is 47.4 Å². The fourth-order valence-corrected chi connectivity index (χ4v) is 3.81. The lowest BCUT2D eigenvalue weighted by Crippen LogP contribution is -2.23. The van der Waals surface area contributed by atoms with Crippen LogP contribution in [0.4, 0.5) is 5.69 Å². The van der Waals surface area contributed by atoms with Crippen LogP contribution in [0.2, 0.25) is 0 Å². The number of nitrogens with two attached hydrogens (primary N) is 1. The number of anilines is 1. The summed E-state index contributed by atoms with van der Waals surface area (Å²) in [6.45, 7) is 0.413. The van der Waals surface area contributed by atoms with Gasteiger partial charge in [0.25, 0.3) is 5.91 Å². The van der Waals surface area contributed by atoms with Crippen LogP contribution in [0.5, 0.6) is 17.2 Å². The molecular formula is C24H25N3O4S. The SMILES string of the molecule is COc1ccc(/C=C/C(=N)c2c(N)ccc(C(=O)NCc3cccs3)c2OC)cc1OC. The second kappa shape index (κ2) is 10.5. The van der Waals surface area contributed by atoms with Gasteiger partial charge in [-0.3, -0.25) is 4.79 Å². The number of carbonyl (C=O) groups excluding carboxylic acids is 1. The summed E-state index contributed by atoms with van der Waals surface area (Å²) in [6.07, 6.45) is 3.36. The summed E-state index contributed by atoms with van der Waals surface area (Å²) in [5.41, 5.74) is 8.09. The van der Waals surface area contributed by atoms with Crippen LogP contribution < -0.4 is 25.3 Å². The molecule has 1 aromatic heterocycles. The summed E-state index contributed by atoms with van der Waals surface area (Å²) in [6, 6.07) is 12.5. The van der Waals surface area contributed by atoms with Crippen LogP contribution in [0.3, 0.4) is 0 Å². The maximum atomic E-state index is 12.8. The fourth-order valence-electron chi connectivity index (χ4n) is 3.16. The highest BCUT2D eigenvalue weighted by Crippen LogP contribution is 2.31. The third kappa shape index (κ3) is 5.09. The number of rotatable bonds is 9. The molecule has 0 fully saturated rings. The Labute approximate surface area is 190 Å². The highest BCUT2D eigenvalue weighted by molar-refractivity contribution is 7.09. The number of methoxy groups -OCH3 is 3. The van der Waals surface area contributed by atoms with Crippen molar-refractivity contribution in [1.82, 2.24) is 5.32 Å². The second-order valence-electron chi connectivity index (χ2n) is 6.73. The molecule has 0 spiro atoms. The third-order valence-corrected chi connectivity index (χ3v) is 5.64. The van der Waals surface area contributed by atoms with E-state index in [4.69, 9.17) is 25.4 Å². The molecule has 166 valence electrons. The van der Waals surface area contributed by atoms with E-state index < -0.39 is 0 Å². The zero-order chi connectivity index (χ0) is 23.1. The topological polar surface area (TPSA) is 107 Å². The van der Waals surface area contributed by atoms with E-state index in [2.05, 4.69) is 5.32 Å².